The average molecular weight is 332 g/mol. The zero-order valence-electron chi connectivity index (χ0n) is 13.6. The number of fused-ring (bicyclic) bond motifs is 1. The maximum absolute atomic E-state index is 12.1. The van der Waals surface area contributed by atoms with Gasteiger partial charge in [-0.25, -0.2) is 19.6 Å². The molecular formula is C15H20N6O3. The zero-order chi connectivity index (χ0) is 17.1. The van der Waals surface area contributed by atoms with Gasteiger partial charge in [-0.15, -0.1) is 0 Å². The fraction of sp³-hybridized carbons (Fsp3) is 0.467. The number of amides is 3. The molecule has 0 aromatic carbocycles. The number of aromatic nitrogens is 3. The van der Waals surface area contributed by atoms with E-state index in [0.717, 1.165) is 0 Å². The summed E-state index contributed by atoms with van der Waals surface area (Å²) in [6.45, 7) is 2.49. The van der Waals surface area contributed by atoms with Gasteiger partial charge in [-0.2, -0.15) is 0 Å². The average Bonchev–Trinajstić information content (AvgIpc) is 3.02. The van der Waals surface area contributed by atoms with Crippen LogP contribution < -0.4 is 10.6 Å². The van der Waals surface area contributed by atoms with Crippen molar-refractivity contribution in [2.75, 3.05) is 19.0 Å². The van der Waals surface area contributed by atoms with Gasteiger partial charge in [0.2, 0.25) is 0 Å². The van der Waals surface area contributed by atoms with Gasteiger partial charge in [-0.3, -0.25) is 5.32 Å². The third-order valence-electron chi connectivity index (χ3n) is 4.12. The summed E-state index contributed by atoms with van der Waals surface area (Å²) in [6, 6.07) is 1.45. The highest BCUT2D eigenvalue weighted by Gasteiger charge is 2.30. The first-order valence-corrected chi connectivity index (χ1v) is 7.79. The summed E-state index contributed by atoms with van der Waals surface area (Å²) in [5, 5.41) is 5.60. The number of ether oxygens (including phenoxy) is 1. The summed E-state index contributed by atoms with van der Waals surface area (Å²) in [4.78, 5) is 36.8. The number of piperidine rings is 1. The van der Waals surface area contributed by atoms with E-state index in [1.54, 1.807) is 17.2 Å². The van der Waals surface area contributed by atoms with Crippen molar-refractivity contribution in [3.05, 3.63) is 18.5 Å². The minimum absolute atomic E-state index is 0.00694. The molecular weight excluding hydrogens is 312 g/mol. The fourth-order valence-electron chi connectivity index (χ4n) is 2.92. The number of hydrogen-bond acceptors (Lipinski definition) is 5. The Morgan fingerprint density at radius 2 is 2.29 bits per heavy atom. The quantitative estimate of drug-likeness (QED) is 0.775. The number of urea groups is 1. The van der Waals surface area contributed by atoms with E-state index in [1.165, 1.54) is 13.3 Å². The Bertz CT molecular complexity index is 746. The van der Waals surface area contributed by atoms with Crippen molar-refractivity contribution in [1.29, 1.82) is 0 Å². The van der Waals surface area contributed by atoms with E-state index in [2.05, 4.69) is 25.6 Å². The van der Waals surface area contributed by atoms with Gasteiger partial charge >= 0.3 is 12.1 Å². The van der Waals surface area contributed by atoms with Crippen LogP contribution in [0, 0.1) is 0 Å². The normalized spacial score (nSPS) is 20.7. The molecule has 3 heterocycles. The lowest BCUT2D eigenvalue weighted by atomic mass is 9.99. The number of H-pyrrole nitrogens is 1. The lowest BCUT2D eigenvalue weighted by Crippen LogP contribution is -2.51. The van der Waals surface area contributed by atoms with Crippen LogP contribution in [0.15, 0.2) is 18.5 Å². The first-order valence-electron chi connectivity index (χ1n) is 7.79. The molecule has 3 N–H and O–H groups in total. The summed E-state index contributed by atoms with van der Waals surface area (Å²) in [7, 11) is 1.37. The van der Waals surface area contributed by atoms with Crippen LogP contribution >= 0.6 is 0 Å². The number of likely N-dealkylation sites (tertiary alicyclic amines) is 1. The van der Waals surface area contributed by atoms with Crippen LogP contribution in [0.2, 0.25) is 0 Å². The van der Waals surface area contributed by atoms with Gasteiger partial charge < -0.3 is 19.9 Å². The van der Waals surface area contributed by atoms with Gasteiger partial charge in [0.1, 0.15) is 5.52 Å². The minimum atomic E-state index is -0.333. The largest absolute Gasteiger partial charge is 0.453 e. The molecule has 0 radical (unpaired) electrons. The van der Waals surface area contributed by atoms with Crippen molar-refractivity contribution in [2.45, 2.75) is 31.8 Å². The first-order chi connectivity index (χ1) is 11.6. The van der Waals surface area contributed by atoms with Crippen LogP contribution in [0.3, 0.4) is 0 Å². The fourth-order valence-corrected chi connectivity index (χ4v) is 2.92. The van der Waals surface area contributed by atoms with Gasteiger partial charge in [0.15, 0.2) is 11.5 Å². The Kier molecular flexibility index (Phi) is 4.50. The Hall–Kier alpha value is -2.84. The number of nitrogens with one attached hydrogen (secondary N) is 3. The molecule has 1 aliphatic rings. The molecule has 0 saturated carbocycles. The number of aromatic amines is 1. The lowest BCUT2D eigenvalue weighted by Gasteiger charge is -2.36. The molecule has 2 aromatic rings. The molecule has 3 rings (SSSR count). The summed E-state index contributed by atoms with van der Waals surface area (Å²) in [5.74, 6) is 0.389. The Labute approximate surface area is 138 Å². The summed E-state index contributed by atoms with van der Waals surface area (Å²) < 4.78 is 4.75. The standard InChI is InChI=1S/C15H20N6O3/c1-9-7-10(4-6-21(9)15(23)24-2)18-14(22)20-12-8-17-13-11(19-12)3-5-16-13/h3,5,8-10H,4,6-7H2,1-2H3,(H,16,17)(H2,18,19,20,22). The second-order valence-electron chi connectivity index (χ2n) is 5.80. The predicted octanol–water partition coefficient (Wildman–Crippen LogP) is 1.70. The number of anilines is 1. The highest BCUT2D eigenvalue weighted by Crippen LogP contribution is 2.18. The molecule has 24 heavy (non-hydrogen) atoms. The van der Waals surface area contributed by atoms with Gasteiger partial charge in [0, 0.05) is 24.8 Å². The van der Waals surface area contributed by atoms with Crippen LogP contribution in [0.25, 0.3) is 11.2 Å². The lowest BCUT2D eigenvalue weighted by molar-refractivity contribution is 0.0879. The van der Waals surface area contributed by atoms with E-state index in [-0.39, 0.29) is 24.2 Å². The number of carbonyl (C=O) groups excluding carboxylic acids is 2. The van der Waals surface area contributed by atoms with Crippen molar-refractivity contribution in [3.8, 4) is 0 Å². The van der Waals surface area contributed by atoms with Gasteiger partial charge in [0.05, 0.1) is 13.3 Å². The molecule has 2 unspecified atom stereocenters. The van der Waals surface area contributed by atoms with Crippen molar-refractivity contribution in [3.63, 3.8) is 0 Å². The van der Waals surface area contributed by atoms with E-state index in [0.29, 0.717) is 36.4 Å². The van der Waals surface area contributed by atoms with Crippen LogP contribution in [0.1, 0.15) is 19.8 Å². The SMILES string of the molecule is COC(=O)N1CCC(NC(=O)Nc2cnc3[nH]ccc3n2)CC1C. The Balaban J connectivity index is 1.54. The minimum Gasteiger partial charge on any atom is -0.453 e. The second kappa shape index (κ2) is 6.73. The smallest absolute Gasteiger partial charge is 0.409 e. The van der Waals surface area contributed by atoms with E-state index in [9.17, 15) is 9.59 Å². The molecule has 0 bridgehead atoms. The molecule has 2 aromatic heterocycles. The molecule has 1 fully saturated rings. The predicted molar refractivity (Wildman–Crippen MR) is 87.6 cm³/mol. The molecule has 0 aliphatic carbocycles. The van der Waals surface area contributed by atoms with Gasteiger partial charge in [-0.1, -0.05) is 0 Å². The van der Waals surface area contributed by atoms with Gasteiger partial charge in [0.25, 0.3) is 0 Å². The van der Waals surface area contributed by atoms with Crippen LogP contribution in [0.5, 0.6) is 0 Å². The number of rotatable bonds is 2. The topological polar surface area (TPSA) is 112 Å². The van der Waals surface area contributed by atoms with Crippen molar-refractivity contribution in [2.24, 2.45) is 0 Å². The summed E-state index contributed by atoms with van der Waals surface area (Å²) in [5.41, 5.74) is 1.36. The van der Waals surface area contributed by atoms with E-state index in [4.69, 9.17) is 4.74 Å². The van der Waals surface area contributed by atoms with Crippen LogP contribution in [-0.4, -0.2) is 57.7 Å². The van der Waals surface area contributed by atoms with Gasteiger partial charge in [-0.05, 0) is 25.8 Å². The molecule has 0 spiro atoms. The monoisotopic (exact) mass is 332 g/mol. The number of nitrogens with zero attached hydrogens (tertiary/aromatic N) is 3. The van der Waals surface area contributed by atoms with Crippen molar-refractivity contribution < 1.29 is 14.3 Å². The molecule has 3 amide bonds. The Morgan fingerprint density at radius 3 is 3.04 bits per heavy atom. The zero-order valence-corrected chi connectivity index (χ0v) is 13.6. The van der Waals surface area contributed by atoms with E-state index < -0.39 is 0 Å². The molecule has 9 heteroatoms. The van der Waals surface area contributed by atoms with E-state index in [1.807, 2.05) is 6.92 Å². The van der Waals surface area contributed by atoms with Crippen LogP contribution in [-0.2, 0) is 4.74 Å². The third kappa shape index (κ3) is 3.39. The highest BCUT2D eigenvalue weighted by molar-refractivity contribution is 5.89. The van der Waals surface area contributed by atoms with Crippen LogP contribution in [0.4, 0.5) is 15.4 Å². The first kappa shape index (κ1) is 16.0. The maximum Gasteiger partial charge on any atom is 0.409 e. The van der Waals surface area contributed by atoms with Crippen molar-refractivity contribution in [1.82, 2.24) is 25.2 Å². The second-order valence-corrected chi connectivity index (χ2v) is 5.80. The third-order valence-corrected chi connectivity index (χ3v) is 4.12. The molecule has 9 nitrogen and oxygen atoms in total. The Morgan fingerprint density at radius 1 is 1.46 bits per heavy atom. The molecule has 2 atom stereocenters. The van der Waals surface area contributed by atoms with Crippen molar-refractivity contribution >= 4 is 29.1 Å². The summed E-state index contributed by atoms with van der Waals surface area (Å²) in [6.07, 6.45) is 4.26. The molecule has 128 valence electrons. The number of carbonyl (C=O) groups is 2. The number of methoxy groups -OCH3 is 1. The van der Waals surface area contributed by atoms with E-state index >= 15 is 0 Å². The molecule has 1 saturated heterocycles. The number of hydrogen-bond donors (Lipinski definition) is 3. The highest BCUT2D eigenvalue weighted by atomic mass is 16.5. The summed E-state index contributed by atoms with van der Waals surface area (Å²) >= 11 is 0. The maximum atomic E-state index is 12.1. The molecule has 1 aliphatic heterocycles.